The molecule has 0 aromatic carbocycles. The molecule has 13 heavy (non-hydrogen) atoms. The molecule has 2 rings (SSSR count). The van der Waals surface area contributed by atoms with Gasteiger partial charge in [-0.15, -0.1) is 0 Å². The van der Waals surface area contributed by atoms with Gasteiger partial charge in [-0.3, -0.25) is 9.78 Å². The number of carbonyl (C=O) groups is 1. The summed E-state index contributed by atoms with van der Waals surface area (Å²) >= 11 is 0. The molecule has 4 nitrogen and oxygen atoms in total. The lowest BCUT2D eigenvalue weighted by Crippen LogP contribution is -2.19. The molecule has 0 unspecified atom stereocenters. The van der Waals surface area contributed by atoms with E-state index >= 15 is 0 Å². The summed E-state index contributed by atoms with van der Waals surface area (Å²) in [5.41, 5.74) is 6.87. The molecule has 0 saturated heterocycles. The summed E-state index contributed by atoms with van der Waals surface area (Å²) in [5.74, 6) is 0. The average Bonchev–Trinajstić information content (AvgIpc) is 2.88. The molecule has 70 valence electrons. The van der Waals surface area contributed by atoms with Gasteiger partial charge in [0.25, 0.3) is 6.47 Å². The molecule has 1 fully saturated rings. The van der Waals surface area contributed by atoms with E-state index in [-0.39, 0.29) is 12.0 Å². The molecule has 3 N–H and O–H groups in total. The molecule has 1 aromatic heterocycles. The van der Waals surface area contributed by atoms with E-state index < -0.39 is 0 Å². The van der Waals surface area contributed by atoms with Crippen molar-refractivity contribution in [3.05, 3.63) is 30.1 Å². The maximum Gasteiger partial charge on any atom is 0.290 e. The monoisotopic (exact) mass is 180 g/mol. The fraction of sp³-hybridized carbons (Fsp3) is 0.333. The highest BCUT2D eigenvalue weighted by Gasteiger charge is 2.41. The van der Waals surface area contributed by atoms with Crippen molar-refractivity contribution in [3.8, 4) is 0 Å². The Morgan fingerprint density at radius 3 is 2.54 bits per heavy atom. The summed E-state index contributed by atoms with van der Waals surface area (Å²) in [6, 6.07) is 5.89. The average molecular weight is 180 g/mol. The third-order valence-electron chi connectivity index (χ3n) is 1.96. The molecule has 4 heteroatoms. The van der Waals surface area contributed by atoms with Crippen LogP contribution in [0, 0.1) is 0 Å². The quantitative estimate of drug-likeness (QED) is 0.624. The number of pyridine rings is 1. The van der Waals surface area contributed by atoms with Crippen LogP contribution in [-0.4, -0.2) is 16.6 Å². The molecule has 0 amide bonds. The zero-order chi connectivity index (χ0) is 9.73. The van der Waals surface area contributed by atoms with Gasteiger partial charge in [0, 0.05) is 6.20 Å². The standard InChI is InChI=1S/C8H10N2.CH2O2/c9-8(4-5-8)7-3-1-2-6-10-7;2-1-3/h1-3,6H,4-5,9H2;1H,(H,2,3). The van der Waals surface area contributed by atoms with Crippen LogP contribution in [0.4, 0.5) is 0 Å². The normalized spacial score (nSPS) is 16.7. The molecule has 0 radical (unpaired) electrons. The molecule has 0 bridgehead atoms. The zero-order valence-electron chi connectivity index (χ0n) is 7.18. The number of nitrogens with zero attached hydrogens (tertiary/aromatic N) is 1. The first-order chi connectivity index (χ1) is 6.23. The van der Waals surface area contributed by atoms with Crippen LogP contribution in [0.3, 0.4) is 0 Å². The predicted molar refractivity (Wildman–Crippen MR) is 48.0 cm³/mol. The molecular formula is C9H12N2O2. The van der Waals surface area contributed by atoms with Gasteiger partial charge in [-0.2, -0.15) is 0 Å². The summed E-state index contributed by atoms with van der Waals surface area (Å²) in [6.07, 6.45) is 3.97. The predicted octanol–water partition coefficient (Wildman–Crippen LogP) is 0.730. The summed E-state index contributed by atoms with van der Waals surface area (Å²) in [5, 5.41) is 6.89. The van der Waals surface area contributed by atoms with E-state index in [1.54, 1.807) is 6.20 Å². The summed E-state index contributed by atoms with van der Waals surface area (Å²) in [6.45, 7) is -0.250. The number of hydrogen-bond donors (Lipinski definition) is 2. The Morgan fingerprint density at radius 2 is 2.15 bits per heavy atom. The van der Waals surface area contributed by atoms with Gasteiger partial charge < -0.3 is 10.8 Å². The van der Waals surface area contributed by atoms with Crippen molar-refractivity contribution in [3.63, 3.8) is 0 Å². The number of aromatic nitrogens is 1. The first-order valence-electron chi connectivity index (χ1n) is 4.01. The third kappa shape index (κ3) is 2.52. The molecule has 0 atom stereocenters. The van der Waals surface area contributed by atoms with Crippen molar-refractivity contribution in [1.29, 1.82) is 0 Å². The van der Waals surface area contributed by atoms with Gasteiger partial charge in [0.05, 0.1) is 11.2 Å². The van der Waals surface area contributed by atoms with Crippen LogP contribution in [0.2, 0.25) is 0 Å². The topological polar surface area (TPSA) is 76.2 Å². The largest absolute Gasteiger partial charge is 0.483 e. The van der Waals surface area contributed by atoms with Gasteiger partial charge in [0.15, 0.2) is 0 Å². The first-order valence-corrected chi connectivity index (χ1v) is 4.01. The van der Waals surface area contributed by atoms with Crippen molar-refractivity contribution < 1.29 is 9.90 Å². The Balaban J connectivity index is 0.000000251. The molecule has 1 aromatic rings. The lowest BCUT2D eigenvalue weighted by molar-refractivity contribution is -0.122. The minimum absolute atomic E-state index is 0.0682. The van der Waals surface area contributed by atoms with Crippen LogP contribution in [0.1, 0.15) is 18.5 Å². The maximum absolute atomic E-state index is 8.36. The second-order valence-corrected chi connectivity index (χ2v) is 2.98. The number of carboxylic acid groups (broad SMARTS) is 1. The van der Waals surface area contributed by atoms with Gasteiger partial charge in [0.2, 0.25) is 0 Å². The molecule has 0 aliphatic heterocycles. The van der Waals surface area contributed by atoms with Gasteiger partial charge in [-0.1, -0.05) is 6.07 Å². The Labute approximate surface area is 76.4 Å². The molecule has 1 heterocycles. The van der Waals surface area contributed by atoms with E-state index in [4.69, 9.17) is 15.6 Å². The number of nitrogens with two attached hydrogens (primary N) is 1. The molecule has 1 aliphatic carbocycles. The van der Waals surface area contributed by atoms with Crippen LogP contribution in [0.25, 0.3) is 0 Å². The number of rotatable bonds is 1. The van der Waals surface area contributed by atoms with Gasteiger partial charge in [-0.05, 0) is 25.0 Å². The smallest absolute Gasteiger partial charge is 0.290 e. The van der Waals surface area contributed by atoms with Gasteiger partial charge in [-0.25, -0.2) is 0 Å². The fourth-order valence-electron chi connectivity index (χ4n) is 1.05. The second kappa shape index (κ2) is 4.00. The van der Waals surface area contributed by atoms with E-state index in [2.05, 4.69) is 4.98 Å². The van der Waals surface area contributed by atoms with E-state index in [1.807, 2.05) is 18.2 Å². The Bertz CT molecular complexity index is 270. The van der Waals surface area contributed by atoms with E-state index in [9.17, 15) is 0 Å². The zero-order valence-corrected chi connectivity index (χ0v) is 7.18. The Hall–Kier alpha value is -1.42. The lowest BCUT2D eigenvalue weighted by atomic mass is 10.2. The van der Waals surface area contributed by atoms with Gasteiger partial charge in [0.1, 0.15) is 0 Å². The summed E-state index contributed by atoms with van der Waals surface area (Å²) in [4.78, 5) is 12.5. The third-order valence-corrected chi connectivity index (χ3v) is 1.96. The SMILES string of the molecule is NC1(c2ccccn2)CC1.O=CO. The van der Waals surface area contributed by atoms with Crippen LogP contribution < -0.4 is 5.73 Å². The van der Waals surface area contributed by atoms with Crippen LogP contribution in [0.15, 0.2) is 24.4 Å². The van der Waals surface area contributed by atoms with Crippen molar-refractivity contribution in [2.75, 3.05) is 0 Å². The summed E-state index contributed by atoms with van der Waals surface area (Å²) < 4.78 is 0. The van der Waals surface area contributed by atoms with Gasteiger partial charge >= 0.3 is 0 Å². The van der Waals surface area contributed by atoms with Crippen molar-refractivity contribution in [2.45, 2.75) is 18.4 Å². The summed E-state index contributed by atoms with van der Waals surface area (Å²) in [7, 11) is 0. The lowest BCUT2D eigenvalue weighted by Gasteiger charge is -2.05. The van der Waals surface area contributed by atoms with E-state index in [0.717, 1.165) is 18.5 Å². The fourth-order valence-corrected chi connectivity index (χ4v) is 1.05. The second-order valence-electron chi connectivity index (χ2n) is 2.98. The number of hydrogen-bond acceptors (Lipinski definition) is 3. The van der Waals surface area contributed by atoms with Crippen molar-refractivity contribution >= 4 is 6.47 Å². The molecular weight excluding hydrogens is 168 g/mol. The minimum atomic E-state index is -0.250. The van der Waals surface area contributed by atoms with E-state index in [0.29, 0.717) is 0 Å². The van der Waals surface area contributed by atoms with Crippen LogP contribution in [-0.2, 0) is 10.3 Å². The molecule has 0 spiro atoms. The molecule has 1 aliphatic rings. The highest BCUT2D eigenvalue weighted by Crippen LogP contribution is 2.41. The Kier molecular flexibility index (Phi) is 2.97. The Morgan fingerprint density at radius 1 is 1.54 bits per heavy atom. The minimum Gasteiger partial charge on any atom is -0.483 e. The first kappa shape index (κ1) is 9.67. The molecule has 1 saturated carbocycles. The van der Waals surface area contributed by atoms with Crippen molar-refractivity contribution in [2.24, 2.45) is 5.73 Å². The van der Waals surface area contributed by atoms with E-state index in [1.165, 1.54) is 0 Å². The van der Waals surface area contributed by atoms with Crippen molar-refractivity contribution in [1.82, 2.24) is 4.98 Å². The van der Waals surface area contributed by atoms with Crippen LogP contribution in [0.5, 0.6) is 0 Å². The highest BCUT2D eigenvalue weighted by molar-refractivity contribution is 5.32. The maximum atomic E-state index is 8.36. The van der Waals surface area contributed by atoms with Crippen LogP contribution >= 0.6 is 0 Å². The highest BCUT2D eigenvalue weighted by atomic mass is 16.3.